The number of carbonyl (C=O) groups excluding carboxylic acids is 2. The highest BCUT2D eigenvalue weighted by Gasteiger charge is 2.27. The Hall–Kier alpha value is -2.13. The standard InChI is InChI=1S/C18H26N2O6S/c1-13-6-4-5-11-20(13)17(21)12-26-18(22)14(2)19-27(23,24)16-9-7-15(25-3)8-10-16/h7-10,13-14,19H,4-6,11-12H2,1-3H3. The molecule has 2 unspecified atom stereocenters. The maximum Gasteiger partial charge on any atom is 0.324 e. The number of piperidine rings is 1. The first kappa shape index (κ1) is 21.2. The van der Waals surface area contributed by atoms with Crippen LogP contribution in [0.15, 0.2) is 29.2 Å². The minimum absolute atomic E-state index is 0.00108. The van der Waals surface area contributed by atoms with E-state index in [1.54, 1.807) is 4.90 Å². The number of benzene rings is 1. The SMILES string of the molecule is COc1ccc(S(=O)(=O)NC(C)C(=O)OCC(=O)N2CCCCC2C)cc1. The third kappa shape index (κ3) is 5.67. The van der Waals surface area contributed by atoms with E-state index in [9.17, 15) is 18.0 Å². The van der Waals surface area contributed by atoms with Crippen molar-refractivity contribution in [3.63, 3.8) is 0 Å². The molecule has 1 heterocycles. The molecule has 0 aromatic heterocycles. The van der Waals surface area contributed by atoms with Crippen LogP contribution in [0.4, 0.5) is 0 Å². The smallest absolute Gasteiger partial charge is 0.324 e. The first-order chi connectivity index (χ1) is 12.7. The molecule has 0 radical (unpaired) electrons. The first-order valence-corrected chi connectivity index (χ1v) is 10.4. The Morgan fingerprint density at radius 3 is 2.52 bits per heavy atom. The lowest BCUT2D eigenvalue weighted by atomic mass is 10.0. The first-order valence-electron chi connectivity index (χ1n) is 8.87. The largest absolute Gasteiger partial charge is 0.497 e. The van der Waals surface area contributed by atoms with E-state index in [1.807, 2.05) is 6.92 Å². The molecule has 8 nitrogen and oxygen atoms in total. The van der Waals surface area contributed by atoms with Crippen LogP contribution in [0.3, 0.4) is 0 Å². The molecular weight excluding hydrogens is 372 g/mol. The van der Waals surface area contributed by atoms with E-state index < -0.39 is 28.6 Å². The third-order valence-corrected chi connectivity index (χ3v) is 6.07. The van der Waals surface area contributed by atoms with Gasteiger partial charge in [-0.25, -0.2) is 8.42 Å². The molecule has 1 saturated heterocycles. The molecule has 0 spiro atoms. The van der Waals surface area contributed by atoms with Crippen molar-refractivity contribution < 1.29 is 27.5 Å². The molecule has 1 aromatic rings. The second-order valence-corrected chi connectivity index (χ2v) is 8.27. The molecule has 1 aliphatic heterocycles. The average Bonchev–Trinajstić information content (AvgIpc) is 2.65. The fourth-order valence-electron chi connectivity index (χ4n) is 2.91. The lowest BCUT2D eigenvalue weighted by Crippen LogP contribution is -2.45. The zero-order valence-electron chi connectivity index (χ0n) is 15.8. The molecule has 1 aliphatic rings. The van der Waals surface area contributed by atoms with E-state index in [4.69, 9.17) is 9.47 Å². The van der Waals surface area contributed by atoms with Gasteiger partial charge in [0.15, 0.2) is 6.61 Å². The van der Waals surface area contributed by atoms with Crippen LogP contribution in [-0.2, 0) is 24.3 Å². The normalized spacial score (nSPS) is 18.6. The van der Waals surface area contributed by atoms with Gasteiger partial charge in [0.2, 0.25) is 10.0 Å². The number of methoxy groups -OCH3 is 1. The second kappa shape index (κ2) is 9.18. The Balaban J connectivity index is 1.89. The van der Waals surface area contributed by atoms with Gasteiger partial charge in [-0.3, -0.25) is 9.59 Å². The second-order valence-electron chi connectivity index (χ2n) is 6.56. The predicted molar refractivity (Wildman–Crippen MR) is 98.8 cm³/mol. The third-order valence-electron chi connectivity index (χ3n) is 4.52. The number of carbonyl (C=O) groups is 2. The number of esters is 1. The molecule has 1 amide bonds. The molecular formula is C18H26N2O6S. The van der Waals surface area contributed by atoms with Gasteiger partial charge in [-0.15, -0.1) is 0 Å². The molecule has 9 heteroatoms. The summed E-state index contributed by atoms with van der Waals surface area (Å²) in [4.78, 5) is 26.0. The lowest BCUT2D eigenvalue weighted by molar-refractivity contribution is -0.154. The van der Waals surface area contributed by atoms with Crippen LogP contribution >= 0.6 is 0 Å². The summed E-state index contributed by atoms with van der Waals surface area (Å²) in [5.41, 5.74) is 0. The maximum atomic E-state index is 12.3. The van der Waals surface area contributed by atoms with E-state index >= 15 is 0 Å². The number of hydrogen-bond donors (Lipinski definition) is 1. The predicted octanol–water partition coefficient (Wildman–Crippen LogP) is 1.31. The van der Waals surface area contributed by atoms with E-state index in [-0.39, 0.29) is 16.8 Å². The van der Waals surface area contributed by atoms with Crippen LogP contribution in [0.25, 0.3) is 0 Å². The van der Waals surface area contributed by atoms with Crippen LogP contribution in [0, 0.1) is 0 Å². The minimum Gasteiger partial charge on any atom is -0.497 e. The maximum absolute atomic E-state index is 12.3. The highest BCUT2D eigenvalue weighted by atomic mass is 32.2. The number of hydrogen-bond acceptors (Lipinski definition) is 6. The molecule has 1 aromatic carbocycles. The fourth-order valence-corrected chi connectivity index (χ4v) is 4.11. The van der Waals surface area contributed by atoms with E-state index in [0.29, 0.717) is 12.3 Å². The monoisotopic (exact) mass is 398 g/mol. The number of likely N-dealkylation sites (tertiary alicyclic amines) is 1. The number of nitrogens with one attached hydrogen (secondary N) is 1. The molecule has 0 bridgehead atoms. The molecule has 150 valence electrons. The Morgan fingerprint density at radius 2 is 1.93 bits per heavy atom. The number of sulfonamides is 1. The van der Waals surface area contributed by atoms with E-state index in [0.717, 1.165) is 19.3 Å². The van der Waals surface area contributed by atoms with E-state index in [2.05, 4.69) is 4.72 Å². The van der Waals surface area contributed by atoms with Gasteiger partial charge in [0.1, 0.15) is 11.8 Å². The summed E-state index contributed by atoms with van der Waals surface area (Å²) in [6.07, 6.45) is 2.94. The van der Waals surface area contributed by atoms with Gasteiger partial charge in [-0.2, -0.15) is 4.72 Å². The van der Waals surface area contributed by atoms with Crippen LogP contribution < -0.4 is 9.46 Å². The highest BCUT2D eigenvalue weighted by Crippen LogP contribution is 2.17. The van der Waals surface area contributed by atoms with E-state index in [1.165, 1.54) is 38.3 Å². The Morgan fingerprint density at radius 1 is 1.26 bits per heavy atom. The number of rotatable bonds is 7. The van der Waals surface area contributed by atoms with Crippen LogP contribution in [0.2, 0.25) is 0 Å². The van der Waals surface area contributed by atoms with Gasteiger partial charge in [0.05, 0.1) is 12.0 Å². The van der Waals surface area contributed by atoms with Crippen LogP contribution in [0.1, 0.15) is 33.1 Å². The number of nitrogens with zero attached hydrogens (tertiary/aromatic N) is 1. The summed E-state index contributed by atoms with van der Waals surface area (Å²) in [5.74, 6) is -0.544. The molecule has 0 aliphatic carbocycles. The van der Waals surface area contributed by atoms with Crippen LogP contribution in [-0.4, -0.2) is 57.5 Å². The zero-order chi connectivity index (χ0) is 20.0. The fraction of sp³-hybridized carbons (Fsp3) is 0.556. The van der Waals surface area contributed by atoms with Gasteiger partial charge < -0.3 is 14.4 Å². The van der Waals surface area contributed by atoms with Crippen molar-refractivity contribution in [2.24, 2.45) is 0 Å². The van der Waals surface area contributed by atoms with Crippen molar-refractivity contribution in [2.45, 2.75) is 50.1 Å². The molecule has 0 saturated carbocycles. The van der Waals surface area contributed by atoms with Gasteiger partial charge >= 0.3 is 5.97 Å². The quantitative estimate of drug-likeness (QED) is 0.695. The van der Waals surface area contributed by atoms with Crippen molar-refractivity contribution in [1.82, 2.24) is 9.62 Å². The van der Waals surface area contributed by atoms with Crippen LogP contribution in [0.5, 0.6) is 5.75 Å². The van der Waals surface area contributed by atoms with Crippen molar-refractivity contribution in [3.8, 4) is 5.75 Å². The number of amides is 1. The summed E-state index contributed by atoms with van der Waals surface area (Å²) < 4.78 is 36.9. The van der Waals surface area contributed by atoms with Gasteiger partial charge in [0, 0.05) is 12.6 Å². The Bertz CT molecular complexity index is 763. The summed E-state index contributed by atoms with van der Waals surface area (Å²) >= 11 is 0. The lowest BCUT2D eigenvalue weighted by Gasteiger charge is -2.33. The zero-order valence-corrected chi connectivity index (χ0v) is 16.6. The minimum atomic E-state index is -3.90. The highest BCUT2D eigenvalue weighted by molar-refractivity contribution is 7.89. The van der Waals surface area contributed by atoms with Gasteiger partial charge in [-0.1, -0.05) is 0 Å². The van der Waals surface area contributed by atoms with Crippen molar-refractivity contribution >= 4 is 21.9 Å². The summed E-state index contributed by atoms with van der Waals surface area (Å²) in [6.45, 7) is 3.59. The van der Waals surface area contributed by atoms with Gasteiger partial charge in [0.25, 0.3) is 5.91 Å². The molecule has 1 N–H and O–H groups in total. The van der Waals surface area contributed by atoms with Gasteiger partial charge in [-0.05, 0) is 57.4 Å². The molecule has 2 atom stereocenters. The summed E-state index contributed by atoms with van der Waals surface area (Å²) in [7, 11) is -2.42. The average molecular weight is 398 g/mol. The van der Waals surface area contributed by atoms with Crippen molar-refractivity contribution in [3.05, 3.63) is 24.3 Å². The Labute approximate surface area is 159 Å². The summed E-state index contributed by atoms with van der Waals surface area (Å²) in [5, 5.41) is 0. The molecule has 2 rings (SSSR count). The van der Waals surface area contributed by atoms with Crippen molar-refractivity contribution in [2.75, 3.05) is 20.3 Å². The topological polar surface area (TPSA) is 102 Å². The Kier molecular flexibility index (Phi) is 7.20. The van der Waals surface area contributed by atoms with Crippen molar-refractivity contribution in [1.29, 1.82) is 0 Å². The number of ether oxygens (including phenoxy) is 2. The molecule has 1 fully saturated rings. The molecule has 27 heavy (non-hydrogen) atoms. The summed E-state index contributed by atoms with van der Waals surface area (Å²) in [6, 6.07) is 4.77.